The number of pyridine rings is 1. The van der Waals surface area contributed by atoms with Crippen LogP contribution in [0.4, 0.5) is 0 Å². The second-order valence-corrected chi connectivity index (χ2v) is 5.58. The van der Waals surface area contributed by atoms with Gasteiger partial charge in [0.05, 0.1) is 5.69 Å². The molecule has 0 aromatic carbocycles. The molecule has 0 saturated carbocycles. The normalized spacial score (nSPS) is 15.2. The molecule has 96 valence electrons. The van der Waals surface area contributed by atoms with Crippen molar-refractivity contribution in [2.75, 3.05) is 0 Å². The van der Waals surface area contributed by atoms with E-state index >= 15 is 0 Å². The fourth-order valence-corrected chi connectivity index (χ4v) is 2.11. The number of hydrogen-bond donors (Lipinski definition) is 1. The van der Waals surface area contributed by atoms with Gasteiger partial charge in [-0.05, 0) is 36.8 Å². The first-order valence-corrected chi connectivity index (χ1v) is 6.60. The summed E-state index contributed by atoms with van der Waals surface area (Å²) in [5.41, 5.74) is 0.0228. The van der Waals surface area contributed by atoms with Crippen LogP contribution in [0, 0.1) is 11.8 Å². The molecule has 0 aliphatic rings. The molecule has 17 heavy (non-hydrogen) atoms. The Morgan fingerprint density at radius 1 is 1.24 bits per heavy atom. The third kappa shape index (κ3) is 3.81. The van der Waals surface area contributed by atoms with Crippen molar-refractivity contribution in [1.82, 2.24) is 4.98 Å². The first-order valence-electron chi connectivity index (χ1n) is 6.60. The van der Waals surface area contributed by atoms with Crippen LogP contribution in [0.15, 0.2) is 24.4 Å². The van der Waals surface area contributed by atoms with Gasteiger partial charge in [-0.2, -0.15) is 0 Å². The molecule has 0 spiro atoms. The molecule has 0 aliphatic carbocycles. The van der Waals surface area contributed by atoms with Crippen molar-refractivity contribution in [3.05, 3.63) is 30.1 Å². The van der Waals surface area contributed by atoms with Gasteiger partial charge in [0.25, 0.3) is 0 Å². The number of aliphatic hydroxyl groups is 1. The highest BCUT2D eigenvalue weighted by atomic mass is 16.3. The summed E-state index contributed by atoms with van der Waals surface area (Å²) in [6.07, 6.45) is 4.75. The Labute approximate surface area is 105 Å². The molecule has 0 amide bonds. The average Bonchev–Trinajstić information content (AvgIpc) is 2.29. The first-order chi connectivity index (χ1) is 7.97. The zero-order valence-corrected chi connectivity index (χ0v) is 11.5. The van der Waals surface area contributed by atoms with Gasteiger partial charge < -0.3 is 5.11 Å². The van der Waals surface area contributed by atoms with Crippen LogP contribution in [0.2, 0.25) is 0 Å². The maximum Gasteiger partial charge on any atom is 0.109 e. The molecule has 1 atom stereocenters. The number of nitrogens with zero attached hydrogens (tertiary/aromatic N) is 1. The van der Waals surface area contributed by atoms with Crippen LogP contribution < -0.4 is 0 Å². The Morgan fingerprint density at radius 2 is 1.94 bits per heavy atom. The fourth-order valence-electron chi connectivity index (χ4n) is 2.11. The predicted octanol–water partition coefficient (Wildman–Crippen LogP) is 3.75. The van der Waals surface area contributed by atoms with Crippen LogP contribution in [-0.2, 0) is 5.60 Å². The molecule has 1 unspecified atom stereocenters. The van der Waals surface area contributed by atoms with Gasteiger partial charge in [0.2, 0.25) is 0 Å². The molecular weight excluding hydrogens is 210 g/mol. The van der Waals surface area contributed by atoms with E-state index in [9.17, 15) is 5.11 Å². The second-order valence-electron chi connectivity index (χ2n) is 5.58. The van der Waals surface area contributed by atoms with Crippen molar-refractivity contribution in [2.45, 2.75) is 52.6 Å². The minimum Gasteiger partial charge on any atom is -0.383 e. The summed E-state index contributed by atoms with van der Waals surface area (Å²) in [6.45, 7) is 8.55. The molecule has 1 rings (SSSR count). The minimum absolute atomic E-state index is 0.185. The van der Waals surface area contributed by atoms with Crippen molar-refractivity contribution in [3.63, 3.8) is 0 Å². The summed E-state index contributed by atoms with van der Waals surface area (Å²) in [6, 6.07) is 5.76. The maximum absolute atomic E-state index is 10.8. The van der Waals surface area contributed by atoms with E-state index in [0.717, 1.165) is 25.0 Å². The number of aromatic nitrogens is 1. The van der Waals surface area contributed by atoms with Crippen LogP contribution in [0.1, 0.15) is 52.7 Å². The van der Waals surface area contributed by atoms with Gasteiger partial charge in [0.1, 0.15) is 5.60 Å². The molecule has 2 nitrogen and oxygen atoms in total. The standard InChI is InChI=1S/C15H25NO/c1-12(2)8-7-10-15(17,13(3)4)14-9-5-6-11-16-14/h5-6,9,11-13,17H,7-8,10H2,1-4H3. The van der Waals surface area contributed by atoms with Crippen molar-refractivity contribution in [2.24, 2.45) is 11.8 Å². The Morgan fingerprint density at radius 3 is 2.41 bits per heavy atom. The summed E-state index contributed by atoms with van der Waals surface area (Å²) >= 11 is 0. The zero-order valence-electron chi connectivity index (χ0n) is 11.5. The lowest BCUT2D eigenvalue weighted by molar-refractivity contribution is -0.0251. The van der Waals surface area contributed by atoms with Gasteiger partial charge >= 0.3 is 0 Å². The van der Waals surface area contributed by atoms with Crippen LogP contribution in [0.3, 0.4) is 0 Å². The number of rotatable bonds is 6. The highest BCUT2D eigenvalue weighted by Crippen LogP contribution is 2.33. The van der Waals surface area contributed by atoms with E-state index in [1.807, 2.05) is 18.2 Å². The van der Waals surface area contributed by atoms with E-state index in [-0.39, 0.29) is 5.92 Å². The third-order valence-electron chi connectivity index (χ3n) is 3.40. The third-order valence-corrected chi connectivity index (χ3v) is 3.40. The van der Waals surface area contributed by atoms with Gasteiger partial charge in [-0.3, -0.25) is 4.98 Å². The van der Waals surface area contributed by atoms with Crippen molar-refractivity contribution in [3.8, 4) is 0 Å². The van der Waals surface area contributed by atoms with E-state index in [1.165, 1.54) is 0 Å². The topological polar surface area (TPSA) is 33.1 Å². The molecule has 1 N–H and O–H groups in total. The summed E-state index contributed by atoms with van der Waals surface area (Å²) in [4.78, 5) is 4.32. The number of hydrogen-bond acceptors (Lipinski definition) is 2. The second kappa shape index (κ2) is 6.15. The van der Waals surface area contributed by atoms with E-state index in [0.29, 0.717) is 5.92 Å². The molecule has 0 aliphatic heterocycles. The quantitative estimate of drug-likeness (QED) is 0.814. The van der Waals surface area contributed by atoms with E-state index < -0.39 is 5.60 Å². The summed E-state index contributed by atoms with van der Waals surface area (Å²) < 4.78 is 0. The smallest absolute Gasteiger partial charge is 0.109 e. The van der Waals surface area contributed by atoms with Crippen molar-refractivity contribution < 1.29 is 5.11 Å². The van der Waals surface area contributed by atoms with E-state index in [1.54, 1.807) is 6.20 Å². The SMILES string of the molecule is CC(C)CCCC(O)(c1ccccn1)C(C)C. The van der Waals surface area contributed by atoms with Crippen LogP contribution in [0.5, 0.6) is 0 Å². The molecule has 0 saturated heterocycles. The van der Waals surface area contributed by atoms with Crippen LogP contribution in [0.25, 0.3) is 0 Å². The lowest BCUT2D eigenvalue weighted by Gasteiger charge is -2.32. The highest BCUT2D eigenvalue weighted by Gasteiger charge is 2.33. The molecule has 1 aromatic heterocycles. The highest BCUT2D eigenvalue weighted by molar-refractivity contribution is 5.13. The van der Waals surface area contributed by atoms with Gasteiger partial charge in [-0.15, -0.1) is 0 Å². The zero-order chi connectivity index (χ0) is 12.9. The van der Waals surface area contributed by atoms with Gasteiger partial charge in [-0.1, -0.05) is 40.2 Å². The average molecular weight is 235 g/mol. The monoisotopic (exact) mass is 235 g/mol. The molecule has 0 bridgehead atoms. The van der Waals surface area contributed by atoms with Crippen molar-refractivity contribution >= 4 is 0 Å². The Bertz CT molecular complexity index is 321. The van der Waals surface area contributed by atoms with E-state index in [2.05, 4.69) is 32.7 Å². The predicted molar refractivity (Wildman–Crippen MR) is 71.7 cm³/mol. The Kier molecular flexibility index (Phi) is 5.13. The molecule has 0 fully saturated rings. The lowest BCUT2D eigenvalue weighted by Crippen LogP contribution is -2.33. The van der Waals surface area contributed by atoms with Crippen molar-refractivity contribution in [1.29, 1.82) is 0 Å². The summed E-state index contributed by atoms with van der Waals surface area (Å²) in [5, 5.41) is 10.8. The summed E-state index contributed by atoms with van der Waals surface area (Å²) in [7, 11) is 0. The van der Waals surface area contributed by atoms with Gasteiger partial charge in [0.15, 0.2) is 0 Å². The lowest BCUT2D eigenvalue weighted by atomic mass is 9.81. The first kappa shape index (κ1) is 14.2. The van der Waals surface area contributed by atoms with E-state index in [4.69, 9.17) is 0 Å². The minimum atomic E-state index is -0.782. The molecule has 1 heterocycles. The van der Waals surface area contributed by atoms with Gasteiger partial charge in [-0.25, -0.2) is 0 Å². The molecule has 0 radical (unpaired) electrons. The van der Waals surface area contributed by atoms with Gasteiger partial charge in [0, 0.05) is 6.20 Å². The molecular formula is C15H25NO. The van der Waals surface area contributed by atoms with Crippen LogP contribution in [-0.4, -0.2) is 10.1 Å². The summed E-state index contributed by atoms with van der Waals surface area (Å²) in [5.74, 6) is 0.875. The fraction of sp³-hybridized carbons (Fsp3) is 0.667. The Hall–Kier alpha value is -0.890. The molecule has 2 heteroatoms. The maximum atomic E-state index is 10.8. The molecule has 1 aromatic rings. The Balaban J connectivity index is 2.76. The largest absolute Gasteiger partial charge is 0.383 e. The van der Waals surface area contributed by atoms with Crippen LogP contribution >= 0.6 is 0 Å².